The summed E-state index contributed by atoms with van der Waals surface area (Å²) in [5, 5.41) is 10.1. The number of methoxy groups -OCH3 is 2. The Morgan fingerprint density at radius 3 is 2.36 bits per heavy atom. The fourth-order valence-corrected chi connectivity index (χ4v) is 5.74. The molecule has 12 nitrogen and oxygen atoms in total. The maximum absolute atomic E-state index is 13.9. The zero-order chi connectivity index (χ0) is 32.9. The maximum Gasteiger partial charge on any atom is 0.435 e. The van der Waals surface area contributed by atoms with Crippen molar-refractivity contribution in [1.82, 2.24) is 14.7 Å². The van der Waals surface area contributed by atoms with E-state index in [1.807, 2.05) is 25.9 Å². The number of nitrogens with zero attached hydrogens (tertiary/aromatic N) is 3. The van der Waals surface area contributed by atoms with Crippen LogP contribution in [-0.2, 0) is 19.3 Å². The summed E-state index contributed by atoms with van der Waals surface area (Å²) in [5.74, 6) is -2.42. The molecule has 2 N–H and O–H groups in total. The maximum atomic E-state index is 13.9. The van der Waals surface area contributed by atoms with Crippen molar-refractivity contribution in [2.24, 2.45) is 0 Å². The summed E-state index contributed by atoms with van der Waals surface area (Å²) < 4.78 is 71.0. The highest BCUT2D eigenvalue weighted by atomic mass is 32.2. The lowest BCUT2D eigenvalue weighted by Gasteiger charge is -2.19. The predicted molar refractivity (Wildman–Crippen MR) is 163 cm³/mol. The van der Waals surface area contributed by atoms with Crippen molar-refractivity contribution in [3.8, 4) is 5.75 Å². The second kappa shape index (κ2) is 14.0. The minimum Gasteiger partial charge on any atom is -0.492 e. The van der Waals surface area contributed by atoms with Crippen molar-refractivity contribution in [2.75, 3.05) is 58.7 Å². The normalized spacial score (nSPS) is 12.3. The van der Waals surface area contributed by atoms with E-state index in [2.05, 4.69) is 15.7 Å². The fraction of sp³-hybridized carbons (Fsp3) is 0.300. The third-order valence-corrected chi connectivity index (χ3v) is 8.28. The highest BCUT2D eigenvalue weighted by Crippen LogP contribution is 2.31. The first-order chi connectivity index (χ1) is 21.3. The number of halogens is 2. The third-order valence-electron chi connectivity index (χ3n) is 6.55. The van der Waals surface area contributed by atoms with Gasteiger partial charge in [-0.15, -0.1) is 5.10 Å². The molecule has 3 aromatic carbocycles. The van der Waals surface area contributed by atoms with Gasteiger partial charge in [0.05, 0.1) is 40.3 Å². The van der Waals surface area contributed by atoms with Crippen LogP contribution in [0.4, 0.5) is 25.1 Å². The van der Waals surface area contributed by atoms with E-state index < -0.39 is 38.4 Å². The highest BCUT2D eigenvalue weighted by Gasteiger charge is 2.25. The van der Waals surface area contributed by atoms with Crippen molar-refractivity contribution < 1.29 is 41.0 Å². The Hall–Kier alpha value is -4.60. The van der Waals surface area contributed by atoms with Gasteiger partial charge < -0.3 is 29.7 Å². The van der Waals surface area contributed by atoms with Crippen LogP contribution < -0.4 is 15.4 Å². The standard InChI is InChI=1S/C30H33F2N5O7S/c1-18(17-42-4)33-26-15-21(44-11-10-36(2)3)6-8-24(26)29(38)34-28-25-16-22(7-9-27(25)37(35-28)30(39)43-5)45(40,41)23-13-19(31)12-20(32)14-23/h6-9,12-16,18,33H,10-11,17H2,1-5H3,(H,34,35,38)/t18-/m1/s1. The van der Waals surface area contributed by atoms with Crippen LogP contribution in [0.1, 0.15) is 17.3 Å². The van der Waals surface area contributed by atoms with Crippen LogP contribution in [0.25, 0.3) is 10.9 Å². The molecular formula is C30H33F2N5O7S. The molecule has 1 atom stereocenters. The molecule has 4 rings (SSSR count). The van der Waals surface area contributed by atoms with E-state index >= 15 is 0 Å². The molecule has 0 aliphatic rings. The molecule has 0 aliphatic heterocycles. The number of nitrogens with one attached hydrogen (secondary N) is 2. The Kier molecular flexibility index (Phi) is 10.4. The number of anilines is 2. The molecule has 0 saturated heterocycles. The number of fused-ring (bicyclic) bond motifs is 1. The quantitative estimate of drug-likeness (QED) is 0.228. The molecule has 0 bridgehead atoms. The molecule has 0 fully saturated rings. The average molecular weight is 646 g/mol. The number of amides is 1. The van der Waals surface area contributed by atoms with E-state index in [0.29, 0.717) is 49.4 Å². The summed E-state index contributed by atoms with van der Waals surface area (Å²) in [4.78, 5) is 27.2. The lowest BCUT2D eigenvalue weighted by molar-refractivity contribution is 0.102. The number of aromatic nitrogens is 2. The van der Waals surface area contributed by atoms with Gasteiger partial charge in [0.25, 0.3) is 5.91 Å². The average Bonchev–Trinajstić information content (AvgIpc) is 3.33. The van der Waals surface area contributed by atoms with Gasteiger partial charge in [0.2, 0.25) is 9.84 Å². The lowest BCUT2D eigenvalue weighted by Crippen LogP contribution is -2.24. The molecule has 0 unspecified atom stereocenters. The fourth-order valence-electron chi connectivity index (χ4n) is 4.41. The molecule has 1 amide bonds. The SMILES string of the molecule is COC[C@@H](C)Nc1cc(OCCN(C)C)ccc1C(=O)Nc1nn(C(=O)OC)c2ccc(S(=O)(=O)c3cc(F)cc(F)c3)cc12. The van der Waals surface area contributed by atoms with Crippen molar-refractivity contribution in [3.05, 3.63) is 71.8 Å². The van der Waals surface area contributed by atoms with E-state index in [4.69, 9.17) is 14.2 Å². The van der Waals surface area contributed by atoms with Crippen LogP contribution >= 0.6 is 0 Å². The van der Waals surface area contributed by atoms with Gasteiger partial charge in [-0.25, -0.2) is 22.0 Å². The van der Waals surface area contributed by atoms with Crippen LogP contribution in [0.3, 0.4) is 0 Å². The number of rotatable bonds is 12. The van der Waals surface area contributed by atoms with E-state index in [9.17, 15) is 26.8 Å². The van der Waals surface area contributed by atoms with Gasteiger partial charge in [0, 0.05) is 37.2 Å². The Morgan fingerprint density at radius 1 is 1.00 bits per heavy atom. The molecule has 0 spiro atoms. The van der Waals surface area contributed by atoms with E-state index in [-0.39, 0.29) is 33.2 Å². The first kappa shape index (κ1) is 33.3. The molecule has 1 heterocycles. The van der Waals surface area contributed by atoms with E-state index in [0.717, 1.165) is 23.9 Å². The van der Waals surface area contributed by atoms with Crippen molar-refractivity contribution in [2.45, 2.75) is 22.8 Å². The lowest BCUT2D eigenvalue weighted by atomic mass is 10.1. The number of hydrogen-bond donors (Lipinski definition) is 2. The van der Waals surface area contributed by atoms with Gasteiger partial charge in [-0.1, -0.05) is 0 Å². The molecule has 240 valence electrons. The largest absolute Gasteiger partial charge is 0.492 e. The van der Waals surface area contributed by atoms with Crippen LogP contribution in [0.5, 0.6) is 5.75 Å². The Balaban J connectivity index is 1.75. The summed E-state index contributed by atoms with van der Waals surface area (Å²) in [6.45, 7) is 3.29. The Morgan fingerprint density at radius 2 is 1.71 bits per heavy atom. The number of sulfone groups is 1. The topological polar surface area (TPSA) is 141 Å². The molecular weight excluding hydrogens is 612 g/mol. The van der Waals surface area contributed by atoms with Gasteiger partial charge >= 0.3 is 6.09 Å². The summed E-state index contributed by atoms with van der Waals surface area (Å²) in [6.07, 6.45) is -0.904. The van der Waals surface area contributed by atoms with Crippen molar-refractivity contribution in [1.29, 1.82) is 0 Å². The Labute approximate surface area is 258 Å². The zero-order valence-electron chi connectivity index (χ0n) is 25.3. The number of ether oxygens (including phenoxy) is 3. The molecule has 0 aliphatic carbocycles. The molecule has 15 heteroatoms. The third kappa shape index (κ3) is 7.74. The minimum atomic E-state index is -4.42. The molecule has 0 saturated carbocycles. The van der Waals surface area contributed by atoms with Gasteiger partial charge in [-0.05, 0) is 63.5 Å². The summed E-state index contributed by atoms with van der Waals surface area (Å²) in [5.41, 5.74) is 0.725. The first-order valence-electron chi connectivity index (χ1n) is 13.6. The Bertz CT molecular complexity index is 1810. The first-order valence-corrected chi connectivity index (χ1v) is 15.1. The minimum absolute atomic E-state index is 0.0533. The monoisotopic (exact) mass is 645 g/mol. The van der Waals surface area contributed by atoms with Crippen molar-refractivity contribution >= 4 is 44.2 Å². The molecule has 1 aromatic heterocycles. The zero-order valence-corrected chi connectivity index (χ0v) is 26.1. The number of carbonyl (C=O) groups is 2. The smallest absolute Gasteiger partial charge is 0.435 e. The molecule has 45 heavy (non-hydrogen) atoms. The van der Waals surface area contributed by atoms with Gasteiger partial charge in [0.15, 0.2) is 5.82 Å². The van der Waals surface area contributed by atoms with Crippen LogP contribution in [0.15, 0.2) is 64.4 Å². The predicted octanol–water partition coefficient (Wildman–Crippen LogP) is 4.40. The summed E-state index contributed by atoms with van der Waals surface area (Å²) in [6, 6.07) is 10.2. The van der Waals surface area contributed by atoms with E-state index in [1.165, 1.54) is 6.07 Å². The number of hydrogen-bond acceptors (Lipinski definition) is 10. The molecule has 4 aromatic rings. The second-order valence-electron chi connectivity index (χ2n) is 10.3. The summed E-state index contributed by atoms with van der Waals surface area (Å²) in [7, 11) is 2.10. The van der Waals surface area contributed by atoms with Crippen molar-refractivity contribution in [3.63, 3.8) is 0 Å². The number of likely N-dealkylation sites (N-methyl/N-ethyl adjacent to an activating group) is 1. The molecule has 0 radical (unpaired) electrons. The van der Waals surface area contributed by atoms with Crippen LogP contribution in [-0.4, -0.2) is 89.2 Å². The van der Waals surface area contributed by atoms with Crippen LogP contribution in [0, 0.1) is 11.6 Å². The van der Waals surface area contributed by atoms with Gasteiger partial charge in [-0.3, -0.25) is 4.79 Å². The van der Waals surface area contributed by atoms with Gasteiger partial charge in [0.1, 0.15) is 24.0 Å². The number of benzene rings is 3. The highest BCUT2D eigenvalue weighted by molar-refractivity contribution is 7.91. The van der Waals surface area contributed by atoms with E-state index in [1.54, 1.807) is 25.3 Å². The second-order valence-corrected chi connectivity index (χ2v) is 12.3. The van der Waals surface area contributed by atoms with Crippen LogP contribution in [0.2, 0.25) is 0 Å². The number of carbonyl (C=O) groups excluding carboxylic acids is 2. The summed E-state index contributed by atoms with van der Waals surface area (Å²) >= 11 is 0. The van der Waals surface area contributed by atoms with Gasteiger partial charge in [-0.2, -0.15) is 4.68 Å².